The van der Waals surface area contributed by atoms with Gasteiger partial charge >= 0.3 is 0 Å². The first-order valence-corrected chi connectivity index (χ1v) is 6.74. The predicted octanol–water partition coefficient (Wildman–Crippen LogP) is 2.32. The quantitative estimate of drug-likeness (QED) is 0.739. The molecule has 0 aromatic carbocycles. The van der Waals surface area contributed by atoms with Crippen molar-refractivity contribution in [2.75, 3.05) is 5.75 Å². The molecule has 1 aromatic heterocycles. The number of carbonyl (C=O) groups is 1. The van der Waals surface area contributed by atoms with Crippen molar-refractivity contribution >= 4 is 29.4 Å². The second-order valence-electron chi connectivity index (χ2n) is 3.43. The first kappa shape index (κ1) is 10.2. The van der Waals surface area contributed by atoms with Crippen molar-refractivity contribution in [3.05, 3.63) is 16.1 Å². The van der Waals surface area contributed by atoms with Gasteiger partial charge in [-0.2, -0.15) is 11.8 Å². The van der Waals surface area contributed by atoms with Crippen LogP contribution in [0, 0.1) is 0 Å². The Balaban J connectivity index is 1.91. The van der Waals surface area contributed by atoms with Crippen LogP contribution in [0.15, 0.2) is 6.20 Å². The third kappa shape index (κ3) is 2.58. The molecule has 0 spiro atoms. The molecule has 14 heavy (non-hydrogen) atoms. The van der Waals surface area contributed by atoms with Gasteiger partial charge < -0.3 is 4.79 Å². The summed E-state index contributed by atoms with van der Waals surface area (Å²) in [5.41, 5.74) is 0. The molecule has 1 aliphatic heterocycles. The molecule has 0 aliphatic carbocycles. The zero-order valence-corrected chi connectivity index (χ0v) is 9.57. The molecule has 2 rings (SSSR count). The van der Waals surface area contributed by atoms with Gasteiger partial charge in [0.05, 0.1) is 5.01 Å². The standard InChI is InChI=1S/C10H13NOS2/c12-4-3-9-7-11-10(14-9)6-8-2-1-5-13-8/h4,7-8H,1-3,5-6H2. The monoisotopic (exact) mass is 227 g/mol. The Hall–Kier alpha value is -0.350. The normalized spacial score (nSPS) is 21.3. The van der Waals surface area contributed by atoms with Gasteiger partial charge in [0.15, 0.2) is 0 Å². The van der Waals surface area contributed by atoms with E-state index in [0.29, 0.717) is 6.42 Å². The molecular weight excluding hydrogens is 214 g/mol. The highest BCUT2D eigenvalue weighted by Gasteiger charge is 2.17. The van der Waals surface area contributed by atoms with Crippen molar-refractivity contribution in [3.63, 3.8) is 0 Å². The molecule has 76 valence electrons. The van der Waals surface area contributed by atoms with Crippen LogP contribution in [-0.2, 0) is 17.6 Å². The Morgan fingerprint density at radius 3 is 3.29 bits per heavy atom. The molecule has 1 aromatic rings. The lowest BCUT2D eigenvalue weighted by atomic mass is 10.2. The van der Waals surface area contributed by atoms with E-state index in [1.165, 1.54) is 23.6 Å². The van der Waals surface area contributed by atoms with Crippen LogP contribution < -0.4 is 0 Å². The van der Waals surface area contributed by atoms with E-state index < -0.39 is 0 Å². The van der Waals surface area contributed by atoms with E-state index in [1.54, 1.807) is 11.3 Å². The molecule has 0 radical (unpaired) electrons. The molecule has 1 atom stereocenters. The number of nitrogens with zero attached hydrogens (tertiary/aromatic N) is 1. The van der Waals surface area contributed by atoms with Gasteiger partial charge in [0.1, 0.15) is 6.29 Å². The van der Waals surface area contributed by atoms with Crippen molar-refractivity contribution in [2.24, 2.45) is 0 Å². The smallest absolute Gasteiger partial charge is 0.125 e. The highest BCUT2D eigenvalue weighted by Crippen LogP contribution is 2.30. The minimum absolute atomic E-state index is 0.523. The minimum Gasteiger partial charge on any atom is -0.303 e. The summed E-state index contributed by atoms with van der Waals surface area (Å²) in [6.45, 7) is 0. The van der Waals surface area contributed by atoms with Gasteiger partial charge in [0.2, 0.25) is 0 Å². The van der Waals surface area contributed by atoms with Crippen LogP contribution in [0.3, 0.4) is 0 Å². The summed E-state index contributed by atoms with van der Waals surface area (Å²) < 4.78 is 0. The van der Waals surface area contributed by atoms with Gasteiger partial charge in [0.25, 0.3) is 0 Å². The van der Waals surface area contributed by atoms with E-state index in [1.807, 2.05) is 6.20 Å². The van der Waals surface area contributed by atoms with Gasteiger partial charge in [-0.1, -0.05) is 0 Å². The average Bonchev–Trinajstić information content (AvgIpc) is 2.79. The Kier molecular flexibility index (Phi) is 3.59. The highest BCUT2D eigenvalue weighted by atomic mass is 32.2. The fourth-order valence-corrected chi connectivity index (χ4v) is 3.95. The Morgan fingerprint density at radius 2 is 2.57 bits per heavy atom. The molecule has 1 unspecified atom stereocenters. The zero-order valence-electron chi connectivity index (χ0n) is 7.94. The van der Waals surface area contributed by atoms with Crippen LogP contribution in [0.4, 0.5) is 0 Å². The summed E-state index contributed by atoms with van der Waals surface area (Å²) in [4.78, 5) is 15.7. The summed E-state index contributed by atoms with van der Waals surface area (Å²) in [5.74, 6) is 1.30. The van der Waals surface area contributed by atoms with E-state index in [-0.39, 0.29) is 0 Å². The Labute approximate surface area is 92.1 Å². The lowest BCUT2D eigenvalue weighted by Gasteiger charge is -2.03. The van der Waals surface area contributed by atoms with E-state index in [0.717, 1.165) is 22.8 Å². The SMILES string of the molecule is O=CCc1cnc(CC2CCCS2)s1. The molecular formula is C10H13NOS2. The predicted molar refractivity (Wildman–Crippen MR) is 61.1 cm³/mol. The maximum Gasteiger partial charge on any atom is 0.125 e. The van der Waals surface area contributed by atoms with Crippen LogP contribution >= 0.6 is 23.1 Å². The number of carbonyl (C=O) groups excluding carboxylic acids is 1. The maximum absolute atomic E-state index is 10.3. The molecule has 2 nitrogen and oxygen atoms in total. The second-order valence-corrected chi connectivity index (χ2v) is 6.04. The summed E-state index contributed by atoms with van der Waals surface area (Å²) in [6.07, 6.45) is 7.08. The topological polar surface area (TPSA) is 30.0 Å². The molecule has 1 aliphatic rings. The third-order valence-corrected chi connectivity index (χ3v) is 4.75. The summed E-state index contributed by atoms with van der Waals surface area (Å²) in [6, 6.07) is 0. The first-order valence-electron chi connectivity index (χ1n) is 4.87. The number of hydrogen-bond acceptors (Lipinski definition) is 4. The fourth-order valence-electron chi connectivity index (χ4n) is 1.62. The number of hydrogen-bond donors (Lipinski definition) is 0. The number of thiazole rings is 1. The van der Waals surface area contributed by atoms with Gasteiger partial charge in [0, 0.05) is 29.2 Å². The van der Waals surface area contributed by atoms with Crippen LogP contribution in [0.25, 0.3) is 0 Å². The van der Waals surface area contributed by atoms with Gasteiger partial charge in [-0.3, -0.25) is 0 Å². The lowest BCUT2D eigenvalue weighted by Crippen LogP contribution is -2.00. The fraction of sp³-hybridized carbons (Fsp3) is 0.600. The number of aromatic nitrogens is 1. The van der Waals surface area contributed by atoms with Crippen LogP contribution in [0.5, 0.6) is 0 Å². The molecule has 0 N–H and O–H groups in total. The Bertz CT molecular complexity index is 305. The van der Waals surface area contributed by atoms with Gasteiger partial charge in [-0.25, -0.2) is 4.98 Å². The summed E-state index contributed by atoms with van der Waals surface area (Å²) in [5, 5.41) is 1.96. The van der Waals surface area contributed by atoms with Crippen LogP contribution in [0.1, 0.15) is 22.7 Å². The molecule has 0 bridgehead atoms. The zero-order chi connectivity index (χ0) is 9.80. The summed E-state index contributed by atoms with van der Waals surface area (Å²) in [7, 11) is 0. The van der Waals surface area contributed by atoms with Crippen LogP contribution in [0.2, 0.25) is 0 Å². The largest absolute Gasteiger partial charge is 0.303 e. The number of rotatable bonds is 4. The van der Waals surface area contributed by atoms with Crippen molar-refractivity contribution < 1.29 is 4.79 Å². The second kappa shape index (κ2) is 4.94. The molecule has 0 amide bonds. The van der Waals surface area contributed by atoms with Crippen molar-refractivity contribution in [1.82, 2.24) is 4.98 Å². The number of aldehydes is 1. The molecule has 2 heterocycles. The highest BCUT2D eigenvalue weighted by molar-refractivity contribution is 8.00. The molecule has 1 saturated heterocycles. The van der Waals surface area contributed by atoms with Crippen molar-refractivity contribution in [2.45, 2.75) is 30.9 Å². The van der Waals surface area contributed by atoms with Gasteiger partial charge in [-0.05, 0) is 18.6 Å². The first-order chi connectivity index (χ1) is 6.88. The lowest BCUT2D eigenvalue weighted by molar-refractivity contribution is -0.107. The van der Waals surface area contributed by atoms with Crippen LogP contribution in [-0.4, -0.2) is 22.3 Å². The third-order valence-electron chi connectivity index (χ3n) is 2.31. The minimum atomic E-state index is 0.523. The maximum atomic E-state index is 10.3. The summed E-state index contributed by atoms with van der Waals surface area (Å²) >= 11 is 3.75. The molecule has 0 saturated carbocycles. The van der Waals surface area contributed by atoms with E-state index in [2.05, 4.69) is 16.7 Å². The van der Waals surface area contributed by atoms with Crippen molar-refractivity contribution in [1.29, 1.82) is 0 Å². The van der Waals surface area contributed by atoms with Gasteiger partial charge in [-0.15, -0.1) is 11.3 Å². The molecule has 4 heteroatoms. The van der Waals surface area contributed by atoms with E-state index >= 15 is 0 Å². The average molecular weight is 227 g/mol. The number of thioether (sulfide) groups is 1. The van der Waals surface area contributed by atoms with Crippen molar-refractivity contribution in [3.8, 4) is 0 Å². The van der Waals surface area contributed by atoms with E-state index in [4.69, 9.17) is 0 Å². The molecule has 1 fully saturated rings. The van der Waals surface area contributed by atoms with E-state index in [9.17, 15) is 4.79 Å². The Morgan fingerprint density at radius 1 is 1.64 bits per heavy atom.